The maximum absolute atomic E-state index is 11.7. The van der Waals surface area contributed by atoms with Gasteiger partial charge in [-0.1, -0.05) is 20.3 Å². The van der Waals surface area contributed by atoms with Crippen molar-refractivity contribution in [1.29, 1.82) is 0 Å². The van der Waals surface area contributed by atoms with E-state index >= 15 is 0 Å². The summed E-state index contributed by atoms with van der Waals surface area (Å²) in [6, 6.07) is 0.0162. The Morgan fingerprint density at radius 2 is 1.80 bits per heavy atom. The molecule has 1 N–H and O–H groups in total. The third-order valence-corrected chi connectivity index (χ3v) is 5.67. The van der Waals surface area contributed by atoms with E-state index in [1.54, 1.807) is 13.8 Å². The van der Waals surface area contributed by atoms with E-state index in [4.69, 9.17) is 0 Å². The Morgan fingerprint density at radius 1 is 1.33 bits per heavy atom. The number of sulfone groups is 1. The molecule has 0 bridgehead atoms. The van der Waals surface area contributed by atoms with Crippen LogP contribution in [0.25, 0.3) is 0 Å². The molecule has 0 rings (SSSR count). The second kappa shape index (κ2) is 5.30. The molecule has 0 saturated carbocycles. The molecular formula is C11H25NO2S. The molecule has 0 aliphatic carbocycles. The second-order valence-corrected chi connectivity index (χ2v) is 7.56. The molecule has 0 saturated heterocycles. The molecule has 2 atom stereocenters. The van der Waals surface area contributed by atoms with Crippen LogP contribution in [0.4, 0.5) is 0 Å². The van der Waals surface area contributed by atoms with Gasteiger partial charge in [-0.05, 0) is 33.2 Å². The molecule has 0 aromatic carbocycles. The summed E-state index contributed by atoms with van der Waals surface area (Å²) in [6.45, 7) is 7.88. The molecule has 4 heteroatoms. The SMILES string of the molecule is CCC(C)CC(NC)C(C)(C)S(C)(=O)=O. The largest absolute Gasteiger partial charge is 0.315 e. The summed E-state index contributed by atoms with van der Waals surface area (Å²) in [4.78, 5) is 0. The van der Waals surface area contributed by atoms with Crippen molar-refractivity contribution >= 4 is 9.84 Å². The van der Waals surface area contributed by atoms with Crippen LogP contribution >= 0.6 is 0 Å². The number of rotatable bonds is 6. The molecular weight excluding hydrogens is 210 g/mol. The lowest BCUT2D eigenvalue weighted by molar-refractivity contribution is 0.351. The van der Waals surface area contributed by atoms with Gasteiger partial charge in [-0.15, -0.1) is 0 Å². The van der Waals surface area contributed by atoms with Crippen molar-refractivity contribution in [3.05, 3.63) is 0 Å². The van der Waals surface area contributed by atoms with Crippen LogP contribution in [-0.4, -0.2) is 32.5 Å². The minimum Gasteiger partial charge on any atom is -0.315 e. The molecule has 0 aromatic heterocycles. The summed E-state index contributed by atoms with van der Waals surface area (Å²) in [7, 11) is -1.20. The molecule has 3 nitrogen and oxygen atoms in total. The zero-order valence-corrected chi connectivity index (χ0v) is 11.6. The van der Waals surface area contributed by atoms with Gasteiger partial charge in [-0.3, -0.25) is 0 Å². The first-order valence-electron chi connectivity index (χ1n) is 5.53. The smallest absolute Gasteiger partial charge is 0.154 e. The van der Waals surface area contributed by atoms with Gasteiger partial charge in [0.15, 0.2) is 9.84 Å². The van der Waals surface area contributed by atoms with Gasteiger partial charge in [-0.2, -0.15) is 0 Å². The maximum atomic E-state index is 11.7. The third-order valence-electron chi connectivity index (χ3n) is 3.48. The molecule has 92 valence electrons. The second-order valence-electron chi connectivity index (χ2n) is 4.97. The highest BCUT2D eigenvalue weighted by Gasteiger charge is 2.38. The lowest BCUT2D eigenvalue weighted by Gasteiger charge is -2.34. The molecule has 15 heavy (non-hydrogen) atoms. The minimum absolute atomic E-state index is 0.0162. The first-order valence-corrected chi connectivity index (χ1v) is 7.42. The monoisotopic (exact) mass is 235 g/mol. The standard InChI is InChI=1S/C11H25NO2S/c1-7-9(2)8-10(12-5)11(3,4)15(6,13)14/h9-10,12H,7-8H2,1-6H3. The first-order chi connectivity index (χ1) is 6.66. The quantitative estimate of drug-likeness (QED) is 0.764. The number of hydrogen-bond acceptors (Lipinski definition) is 3. The van der Waals surface area contributed by atoms with Gasteiger partial charge in [0, 0.05) is 12.3 Å². The Bertz CT molecular complexity index is 283. The normalized spacial score (nSPS) is 17.5. The van der Waals surface area contributed by atoms with Crippen LogP contribution in [0, 0.1) is 5.92 Å². The fourth-order valence-electron chi connectivity index (χ4n) is 1.58. The zero-order chi connectivity index (χ0) is 12.3. The summed E-state index contributed by atoms with van der Waals surface area (Å²) in [5, 5.41) is 3.13. The molecule has 0 aromatic rings. The fraction of sp³-hybridized carbons (Fsp3) is 1.00. The Balaban J connectivity index is 4.82. The summed E-state index contributed by atoms with van der Waals surface area (Å²) < 4.78 is 22.7. The zero-order valence-electron chi connectivity index (χ0n) is 10.8. The molecule has 0 heterocycles. The Labute approximate surface area is 94.6 Å². The van der Waals surface area contributed by atoms with E-state index in [1.165, 1.54) is 6.26 Å². The fourth-order valence-corrected chi connectivity index (χ4v) is 2.31. The Kier molecular flexibility index (Phi) is 5.27. The van der Waals surface area contributed by atoms with Crippen LogP contribution in [0.5, 0.6) is 0 Å². The van der Waals surface area contributed by atoms with Crippen molar-refractivity contribution in [3.63, 3.8) is 0 Å². The summed E-state index contributed by atoms with van der Waals surface area (Å²) in [6.07, 6.45) is 3.29. The highest BCUT2D eigenvalue weighted by Crippen LogP contribution is 2.25. The van der Waals surface area contributed by atoms with Crippen LogP contribution in [0.15, 0.2) is 0 Å². The Hall–Kier alpha value is -0.0900. The predicted octanol–water partition coefficient (Wildman–Crippen LogP) is 1.83. The summed E-state index contributed by atoms with van der Waals surface area (Å²) in [5.41, 5.74) is 0. The molecule has 0 fully saturated rings. The number of hydrogen-bond donors (Lipinski definition) is 1. The third kappa shape index (κ3) is 3.76. The van der Waals surface area contributed by atoms with Gasteiger partial charge < -0.3 is 5.32 Å². The average molecular weight is 235 g/mol. The van der Waals surface area contributed by atoms with E-state index in [9.17, 15) is 8.42 Å². The molecule has 2 unspecified atom stereocenters. The van der Waals surface area contributed by atoms with E-state index in [0.717, 1.165) is 12.8 Å². The minimum atomic E-state index is -3.03. The van der Waals surface area contributed by atoms with E-state index in [1.807, 2.05) is 7.05 Å². The molecule has 0 spiro atoms. The highest BCUT2D eigenvalue weighted by atomic mass is 32.2. The van der Waals surface area contributed by atoms with Gasteiger partial charge in [0.05, 0.1) is 4.75 Å². The first kappa shape index (κ1) is 14.9. The topological polar surface area (TPSA) is 46.2 Å². The van der Waals surface area contributed by atoms with Crippen molar-refractivity contribution in [3.8, 4) is 0 Å². The Morgan fingerprint density at radius 3 is 2.07 bits per heavy atom. The van der Waals surface area contributed by atoms with Gasteiger partial charge in [-0.25, -0.2) is 8.42 Å². The summed E-state index contributed by atoms with van der Waals surface area (Å²) >= 11 is 0. The molecule has 0 aliphatic rings. The van der Waals surface area contributed by atoms with Crippen molar-refractivity contribution in [2.24, 2.45) is 5.92 Å². The summed E-state index contributed by atoms with van der Waals surface area (Å²) in [5.74, 6) is 0.545. The van der Waals surface area contributed by atoms with Crippen LogP contribution in [0.2, 0.25) is 0 Å². The van der Waals surface area contributed by atoms with Crippen LogP contribution in [0.3, 0.4) is 0 Å². The van der Waals surface area contributed by atoms with Crippen molar-refractivity contribution in [2.75, 3.05) is 13.3 Å². The van der Waals surface area contributed by atoms with Crippen LogP contribution in [-0.2, 0) is 9.84 Å². The van der Waals surface area contributed by atoms with Crippen LogP contribution in [0.1, 0.15) is 40.5 Å². The predicted molar refractivity (Wildman–Crippen MR) is 65.8 cm³/mol. The lowest BCUT2D eigenvalue weighted by atomic mass is 9.92. The number of nitrogens with one attached hydrogen (secondary N) is 1. The van der Waals surface area contributed by atoms with Crippen molar-refractivity contribution < 1.29 is 8.42 Å². The van der Waals surface area contributed by atoms with Crippen molar-refractivity contribution in [1.82, 2.24) is 5.32 Å². The van der Waals surface area contributed by atoms with Gasteiger partial charge >= 0.3 is 0 Å². The van der Waals surface area contributed by atoms with Crippen molar-refractivity contribution in [2.45, 2.75) is 51.3 Å². The van der Waals surface area contributed by atoms with Gasteiger partial charge in [0.25, 0.3) is 0 Å². The lowest BCUT2D eigenvalue weighted by Crippen LogP contribution is -2.50. The molecule has 0 aliphatic heterocycles. The van der Waals surface area contributed by atoms with Gasteiger partial charge in [0.2, 0.25) is 0 Å². The van der Waals surface area contributed by atoms with E-state index in [2.05, 4.69) is 19.2 Å². The van der Waals surface area contributed by atoms with E-state index < -0.39 is 14.6 Å². The highest BCUT2D eigenvalue weighted by molar-refractivity contribution is 7.92. The average Bonchev–Trinajstić information content (AvgIpc) is 2.11. The van der Waals surface area contributed by atoms with E-state index in [0.29, 0.717) is 5.92 Å². The molecule has 0 amide bonds. The van der Waals surface area contributed by atoms with Crippen LogP contribution < -0.4 is 5.32 Å². The maximum Gasteiger partial charge on any atom is 0.154 e. The molecule has 0 radical (unpaired) electrons. The van der Waals surface area contributed by atoms with E-state index in [-0.39, 0.29) is 6.04 Å². The van der Waals surface area contributed by atoms with Gasteiger partial charge in [0.1, 0.15) is 0 Å².